The van der Waals surface area contributed by atoms with E-state index in [2.05, 4.69) is 23.1 Å². The summed E-state index contributed by atoms with van der Waals surface area (Å²) in [6.45, 7) is 2.60. The lowest BCUT2D eigenvalue weighted by Crippen LogP contribution is -2.42. The lowest BCUT2D eigenvalue weighted by molar-refractivity contribution is -0.135. The fourth-order valence-electron chi connectivity index (χ4n) is 4.71. The maximum absolute atomic E-state index is 13.4. The lowest BCUT2D eigenvalue weighted by Gasteiger charge is -2.33. The zero-order valence-electron chi connectivity index (χ0n) is 19.8. The number of carbonyl (C=O) groups is 1. The Kier molecular flexibility index (Phi) is 7.33. The van der Waals surface area contributed by atoms with Gasteiger partial charge in [-0.15, -0.1) is 0 Å². The first-order valence-electron chi connectivity index (χ1n) is 11.7. The van der Waals surface area contributed by atoms with Gasteiger partial charge in [-0.25, -0.2) is 8.42 Å². The molecule has 0 radical (unpaired) electrons. The smallest absolute Gasteiger partial charge is 0.324 e. The number of benzene rings is 2. The molecule has 1 fully saturated rings. The van der Waals surface area contributed by atoms with E-state index in [0.717, 1.165) is 53.6 Å². The third-order valence-corrected chi connectivity index (χ3v) is 8.70. The number of carboxylic acid groups (broad SMARTS) is 1. The van der Waals surface area contributed by atoms with E-state index in [0.29, 0.717) is 6.04 Å². The van der Waals surface area contributed by atoms with E-state index in [1.807, 2.05) is 16.8 Å². The molecule has 1 unspecified atom stereocenters. The topological polar surface area (TPSA) is 92.1 Å². The van der Waals surface area contributed by atoms with Gasteiger partial charge in [-0.2, -0.15) is 0 Å². The van der Waals surface area contributed by atoms with Crippen LogP contribution in [0.5, 0.6) is 0 Å². The van der Waals surface area contributed by atoms with Gasteiger partial charge < -0.3 is 14.4 Å². The Bertz CT molecular complexity index is 1490. The summed E-state index contributed by atoms with van der Waals surface area (Å²) in [6, 6.07) is 11.2. The summed E-state index contributed by atoms with van der Waals surface area (Å²) in [4.78, 5) is 13.9. The molecule has 1 aliphatic carbocycles. The van der Waals surface area contributed by atoms with Gasteiger partial charge in [0.1, 0.15) is 6.54 Å². The Morgan fingerprint density at radius 3 is 2.46 bits per heavy atom. The molecule has 8 nitrogen and oxygen atoms in total. The number of allylic oxidation sites excluding steroid dienone is 2. The van der Waals surface area contributed by atoms with Gasteiger partial charge in [0.2, 0.25) is 0 Å². The summed E-state index contributed by atoms with van der Waals surface area (Å²) < 4.78 is 35.2. The number of carboxylic acids is 1. The Hall–Kier alpha value is -2.82. The monoisotopic (exact) mass is 561 g/mol. The van der Waals surface area contributed by atoms with Crippen LogP contribution in [0.1, 0.15) is 6.42 Å². The zero-order chi connectivity index (χ0) is 26.2. The first-order valence-corrected chi connectivity index (χ1v) is 13.9. The van der Waals surface area contributed by atoms with Crippen LogP contribution in [0.25, 0.3) is 16.6 Å². The minimum atomic E-state index is -4.25. The molecular formula is C26H25Cl2N3O5S. The Morgan fingerprint density at radius 2 is 1.81 bits per heavy atom. The Labute approximate surface area is 225 Å². The number of hydrogen-bond donors (Lipinski definition) is 1. The summed E-state index contributed by atoms with van der Waals surface area (Å²) >= 11 is 12.0. The number of hydrogen-bond acceptors (Lipinski definition) is 5. The van der Waals surface area contributed by atoms with Gasteiger partial charge in [0, 0.05) is 46.5 Å². The number of ether oxygens (including phenoxy) is 1. The average molecular weight is 562 g/mol. The molecule has 1 aliphatic heterocycles. The summed E-state index contributed by atoms with van der Waals surface area (Å²) in [5, 5.41) is 10.5. The molecule has 3 aromatic rings. The van der Waals surface area contributed by atoms with E-state index in [1.54, 1.807) is 18.2 Å². The van der Waals surface area contributed by atoms with Gasteiger partial charge in [-0.1, -0.05) is 35.4 Å². The third kappa shape index (κ3) is 5.42. The second-order valence-corrected chi connectivity index (χ2v) is 11.6. The highest BCUT2D eigenvalue weighted by Crippen LogP contribution is 2.32. The summed E-state index contributed by atoms with van der Waals surface area (Å²) in [5.41, 5.74) is 2.13. The number of rotatable bonds is 7. The molecule has 1 aromatic heterocycles. The van der Waals surface area contributed by atoms with E-state index in [-0.39, 0.29) is 20.6 Å². The molecule has 0 amide bonds. The summed E-state index contributed by atoms with van der Waals surface area (Å²) in [6.07, 6.45) is 9.31. The fraction of sp³-hybridized carbons (Fsp3) is 0.269. The SMILES string of the molecule is O=C(O)CN(c1ccc2c(ccn2C2=CCC(N3CCOCC3)C=C2)c1)S(=O)(=O)c1cc(Cl)cc(Cl)c1. The van der Waals surface area contributed by atoms with Gasteiger partial charge in [-0.05, 0) is 55.0 Å². The Balaban J connectivity index is 1.45. The molecule has 2 aliphatic rings. The van der Waals surface area contributed by atoms with E-state index < -0.39 is 22.5 Å². The van der Waals surface area contributed by atoms with E-state index in [4.69, 9.17) is 27.9 Å². The minimum Gasteiger partial charge on any atom is -0.480 e. The number of morpholine rings is 1. The summed E-state index contributed by atoms with van der Waals surface area (Å²) in [7, 11) is -4.25. The molecule has 1 N–H and O–H groups in total. The first kappa shape index (κ1) is 25.8. The molecule has 37 heavy (non-hydrogen) atoms. The first-order chi connectivity index (χ1) is 17.7. The second kappa shape index (κ2) is 10.5. The number of aromatic nitrogens is 1. The van der Waals surface area contributed by atoms with Crippen LogP contribution >= 0.6 is 23.2 Å². The number of halogens is 2. The van der Waals surface area contributed by atoms with E-state index in [9.17, 15) is 18.3 Å². The van der Waals surface area contributed by atoms with Crippen molar-refractivity contribution < 1.29 is 23.1 Å². The Morgan fingerprint density at radius 1 is 1.08 bits per heavy atom. The van der Waals surface area contributed by atoms with Crippen LogP contribution < -0.4 is 4.31 Å². The summed E-state index contributed by atoms with van der Waals surface area (Å²) in [5.74, 6) is -1.29. The average Bonchev–Trinajstić information content (AvgIpc) is 3.30. The molecule has 0 bridgehead atoms. The van der Waals surface area contributed by atoms with Crippen molar-refractivity contribution in [3.8, 4) is 0 Å². The van der Waals surface area contributed by atoms with Gasteiger partial charge in [0.25, 0.3) is 10.0 Å². The molecular weight excluding hydrogens is 537 g/mol. The highest BCUT2D eigenvalue weighted by atomic mass is 35.5. The van der Waals surface area contributed by atoms with Crippen molar-refractivity contribution in [2.45, 2.75) is 17.4 Å². The van der Waals surface area contributed by atoms with E-state index >= 15 is 0 Å². The van der Waals surface area contributed by atoms with Crippen LogP contribution in [0.2, 0.25) is 10.0 Å². The number of anilines is 1. The molecule has 11 heteroatoms. The number of sulfonamides is 1. The predicted molar refractivity (Wildman–Crippen MR) is 145 cm³/mol. The van der Waals surface area contributed by atoms with Crippen molar-refractivity contribution in [2.24, 2.45) is 0 Å². The molecule has 194 valence electrons. The number of aliphatic carboxylic acids is 1. The highest BCUT2D eigenvalue weighted by Gasteiger charge is 2.28. The molecule has 5 rings (SSSR count). The van der Waals surface area contributed by atoms with Crippen molar-refractivity contribution in [2.75, 3.05) is 37.2 Å². The maximum Gasteiger partial charge on any atom is 0.324 e. The van der Waals surface area contributed by atoms with Crippen molar-refractivity contribution in [1.82, 2.24) is 9.47 Å². The van der Waals surface area contributed by atoms with Crippen LogP contribution in [-0.2, 0) is 19.6 Å². The van der Waals surface area contributed by atoms with Crippen molar-refractivity contribution in [3.05, 3.63) is 76.9 Å². The van der Waals surface area contributed by atoms with Crippen molar-refractivity contribution in [3.63, 3.8) is 0 Å². The standard InChI is InChI=1S/C26H25Cl2N3O5S/c27-19-14-20(28)16-24(15-19)37(34,35)31(17-26(32)33)23-5-6-25-18(13-23)7-8-30(25)22-3-1-21(2-4-22)29-9-11-36-12-10-29/h1,3-8,13-16,21H,2,9-12,17H2,(H,32,33). The van der Waals surface area contributed by atoms with Crippen molar-refractivity contribution in [1.29, 1.82) is 0 Å². The second-order valence-electron chi connectivity index (χ2n) is 8.88. The van der Waals surface area contributed by atoms with Gasteiger partial charge >= 0.3 is 5.97 Å². The van der Waals surface area contributed by atoms with Crippen LogP contribution in [0, 0.1) is 0 Å². The molecule has 2 aromatic carbocycles. The maximum atomic E-state index is 13.4. The van der Waals surface area contributed by atoms with Gasteiger partial charge in [0.15, 0.2) is 0 Å². The van der Waals surface area contributed by atoms with Crippen molar-refractivity contribution >= 4 is 61.5 Å². The molecule has 0 saturated carbocycles. The number of fused-ring (bicyclic) bond motifs is 1. The molecule has 0 spiro atoms. The van der Waals surface area contributed by atoms with Crippen LogP contribution in [-0.4, -0.2) is 67.9 Å². The van der Waals surface area contributed by atoms with E-state index in [1.165, 1.54) is 18.2 Å². The lowest BCUT2D eigenvalue weighted by atomic mass is 10.0. The quantitative estimate of drug-likeness (QED) is 0.448. The number of nitrogens with zero attached hydrogens (tertiary/aromatic N) is 3. The third-order valence-electron chi connectivity index (χ3n) is 6.52. The molecule has 2 heterocycles. The van der Waals surface area contributed by atoms with Crippen LogP contribution in [0.15, 0.2) is 71.8 Å². The predicted octanol–water partition coefficient (Wildman–Crippen LogP) is 4.73. The minimum absolute atomic E-state index is 0.138. The highest BCUT2D eigenvalue weighted by molar-refractivity contribution is 7.92. The van der Waals surface area contributed by atoms with Crippen LogP contribution in [0.4, 0.5) is 5.69 Å². The van der Waals surface area contributed by atoms with Gasteiger partial charge in [0.05, 0.1) is 29.3 Å². The van der Waals surface area contributed by atoms with Crippen LogP contribution in [0.3, 0.4) is 0 Å². The fourth-order valence-corrected chi connectivity index (χ4v) is 6.84. The molecule has 1 saturated heterocycles. The largest absolute Gasteiger partial charge is 0.480 e. The normalized spacial score (nSPS) is 18.6. The zero-order valence-corrected chi connectivity index (χ0v) is 22.1. The van der Waals surface area contributed by atoms with Gasteiger partial charge in [-0.3, -0.25) is 14.0 Å². The molecule has 1 atom stereocenters.